The van der Waals surface area contributed by atoms with Crippen molar-refractivity contribution in [2.75, 3.05) is 5.73 Å². The molecular formula is C12H16N4O2. The zero-order valence-corrected chi connectivity index (χ0v) is 10.4. The van der Waals surface area contributed by atoms with Gasteiger partial charge in [-0.15, -0.1) is 0 Å². The van der Waals surface area contributed by atoms with Crippen LogP contribution in [0.5, 0.6) is 0 Å². The minimum atomic E-state index is -0.255. The van der Waals surface area contributed by atoms with Gasteiger partial charge in [0.15, 0.2) is 0 Å². The number of hydrogen-bond acceptors (Lipinski definition) is 4. The van der Waals surface area contributed by atoms with Gasteiger partial charge >= 0.3 is 0 Å². The first-order valence-electron chi connectivity index (χ1n) is 5.73. The van der Waals surface area contributed by atoms with Crippen LogP contribution in [0.15, 0.2) is 29.0 Å². The van der Waals surface area contributed by atoms with Crippen molar-refractivity contribution in [1.82, 2.24) is 15.1 Å². The summed E-state index contributed by atoms with van der Waals surface area (Å²) >= 11 is 0. The zero-order chi connectivity index (χ0) is 13.1. The van der Waals surface area contributed by atoms with Crippen LogP contribution in [0.1, 0.15) is 36.1 Å². The number of amides is 1. The summed E-state index contributed by atoms with van der Waals surface area (Å²) in [5, 5.41) is 6.84. The van der Waals surface area contributed by atoms with E-state index in [4.69, 9.17) is 10.2 Å². The standard InChI is InChI=1S/C12H16N4O2/c1-8(2)16-11(10(13)7-15-16)12(17)14-6-9-4-3-5-18-9/h3-5,7-8H,6,13H2,1-2H3,(H,14,17). The molecule has 6 heteroatoms. The minimum Gasteiger partial charge on any atom is -0.467 e. The molecule has 0 atom stereocenters. The molecule has 6 nitrogen and oxygen atoms in total. The minimum absolute atomic E-state index is 0.0756. The highest BCUT2D eigenvalue weighted by Gasteiger charge is 2.18. The predicted molar refractivity (Wildman–Crippen MR) is 66.9 cm³/mol. The van der Waals surface area contributed by atoms with E-state index in [9.17, 15) is 4.79 Å². The molecule has 18 heavy (non-hydrogen) atoms. The number of nitrogens with one attached hydrogen (secondary N) is 1. The quantitative estimate of drug-likeness (QED) is 0.859. The Morgan fingerprint density at radius 2 is 2.39 bits per heavy atom. The molecule has 0 unspecified atom stereocenters. The number of anilines is 1. The van der Waals surface area contributed by atoms with Gasteiger partial charge < -0.3 is 15.5 Å². The average molecular weight is 248 g/mol. The Bertz CT molecular complexity index is 528. The number of carbonyl (C=O) groups is 1. The Labute approximate surface area is 105 Å². The monoisotopic (exact) mass is 248 g/mol. The van der Waals surface area contributed by atoms with E-state index in [1.165, 1.54) is 6.20 Å². The second-order valence-corrected chi connectivity index (χ2v) is 4.25. The van der Waals surface area contributed by atoms with Crippen LogP contribution in [0.25, 0.3) is 0 Å². The lowest BCUT2D eigenvalue weighted by molar-refractivity contribution is 0.0936. The molecule has 2 aromatic rings. The van der Waals surface area contributed by atoms with Gasteiger partial charge in [0.1, 0.15) is 11.5 Å². The first-order valence-corrected chi connectivity index (χ1v) is 5.73. The molecule has 3 N–H and O–H groups in total. The Morgan fingerprint density at radius 1 is 1.61 bits per heavy atom. The summed E-state index contributed by atoms with van der Waals surface area (Å²) in [6.07, 6.45) is 3.05. The van der Waals surface area contributed by atoms with Crippen molar-refractivity contribution >= 4 is 11.6 Å². The second-order valence-electron chi connectivity index (χ2n) is 4.25. The highest BCUT2D eigenvalue weighted by Crippen LogP contribution is 2.15. The number of rotatable bonds is 4. The fraction of sp³-hybridized carbons (Fsp3) is 0.333. The van der Waals surface area contributed by atoms with Crippen molar-refractivity contribution in [2.45, 2.75) is 26.4 Å². The molecule has 2 rings (SSSR count). The van der Waals surface area contributed by atoms with Gasteiger partial charge in [-0.2, -0.15) is 5.10 Å². The second kappa shape index (κ2) is 4.95. The van der Waals surface area contributed by atoms with Gasteiger partial charge in [-0.05, 0) is 26.0 Å². The first-order chi connectivity index (χ1) is 8.59. The third-order valence-corrected chi connectivity index (χ3v) is 2.53. The number of nitrogens with two attached hydrogens (primary N) is 1. The molecule has 96 valence electrons. The number of carbonyl (C=O) groups excluding carboxylic acids is 1. The largest absolute Gasteiger partial charge is 0.467 e. The summed E-state index contributed by atoms with van der Waals surface area (Å²) in [5.41, 5.74) is 6.52. The zero-order valence-electron chi connectivity index (χ0n) is 10.4. The summed E-state index contributed by atoms with van der Waals surface area (Å²) in [7, 11) is 0. The van der Waals surface area contributed by atoms with Gasteiger partial charge in [-0.25, -0.2) is 0 Å². The first kappa shape index (κ1) is 12.2. The number of nitrogen functional groups attached to an aromatic ring is 1. The molecule has 0 aliphatic rings. The SMILES string of the molecule is CC(C)n1ncc(N)c1C(=O)NCc1ccco1. The van der Waals surface area contributed by atoms with Crippen molar-refractivity contribution in [3.05, 3.63) is 36.0 Å². The van der Waals surface area contributed by atoms with Gasteiger partial charge in [0.2, 0.25) is 0 Å². The van der Waals surface area contributed by atoms with E-state index in [1.807, 2.05) is 13.8 Å². The molecule has 0 aromatic carbocycles. The van der Waals surface area contributed by atoms with Crippen molar-refractivity contribution in [2.24, 2.45) is 0 Å². The van der Waals surface area contributed by atoms with Crippen molar-refractivity contribution < 1.29 is 9.21 Å². The normalized spacial score (nSPS) is 10.8. The molecule has 0 bridgehead atoms. The maximum absolute atomic E-state index is 12.1. The summed E-state index contributed by atoms with van der Waals surface area (Å²) in [5.74, 6) is 0.438. The third kappa shape index (κ3) is 2.37. The van der Waals surface area contributed by atoms with Gasteiger partial charge in [0.05, 0.1) is 24.7 Å². The maximum Gasteiger partial charge on any atom is 0.272 e. The van der Waals surface area contributed by atoms with Gasteiger partial charge in [0, 0.05) is 6.04 Å². The fourth-order valence-electron chi connectivity index (χ4n) is 1.67. The smallest absolute Gasteiger partial charge is 0.272 e. The van der Waals surface area contributed by atoms with Crippen molar-refractivity contribution in [1.29, 1.82) is 0 Å². The summed E-state index contributed by atoms with van der Waals surface area (Å²) in [6, 6.07) is 3.64. The highest BCUT2D eigenvalue weighted by atomic mass is 16.3. The number of furan rings is 1. The molecule has 2 heterocycles. The molecule has 0 saturated heterocycles. The lowest BCUT2D eigenvalue weighted by Crippen LogP contribution is -2.27. The van der Waals surface area contributed by atoms with Crippen LogP contribution >= 0.6 is 0 Å². The van der Waals surface area contributed by atoms with Crippen molar-refractivity contribution in [3.8, 4) is 0 Å². The van der Waals surface area contributed by atoms with E-state index in [-0.39, 0.29) is 11.9 Å². The van der Waals surface area contributed by atoms with Crippen LogP contribution in [0.4, 0.5) is 5.69 Å². The summed E-state index contributed by atoms with van der Waals surface area (Å²) in [6.45, 7) is 4.21. The van der Waals surface area contributed by atoms with E-state index in [0.29, 0.717) is 23.7 Å². The average Bonchev–Trinajstić information content (AvgIpc) is 2.94. The van der Waals surface area contributed by atoms with E-state index in [2.05, 4.69) is 10.4 Å². The number of hydrogen-bond donors (Lipinski definition) is 2. The molecule has 0 fully saturated rings. The molecule has 2 aromatic heterocycles. The van der Waals surface area contributed by atoms with Gasteiger partial charge in [-0.3, -0.25) is 9.48 Å². The summed E-state index contributed by atoms with van der Waals surface area (Å²) in [4.78, 5) is 12.1. The maximum atomic E-state index is 12.1. The summed E-state index contributed by atoms with van der Waals surface area (Å²) < 4.78 is 6.74. The lowest BCUT2D eigenvalue weighted by atomic mass is 10.3. The topological polar surface area (TPSA) is 86.1 Å². The molecular weight excluding hydrogens is 232 g/mol. The lowest BCUT2D eigenvalue weighted by Gasteiger charge is -2.11. The molecule has 0 aliphatic heterocycles. The van der Waals surface area contributed by atoms with E-state index in [1.54, 1.807) is 23.1 Å². The van der Waals surface area contributed by atoms with Crippen LogP contribution < -0.4 is 11.1 Å². The van der Waals surface area contributed by atoms with E-state index < -0.39 is 0 Å². The Morgan fingerprint density at radius 3 is 3.00 bits per heavy atom. The van der Waals surface area contributed by atoms with Gasteiger partial charge in [-0.1, -0.05) is 0 Å². The van der Waals surface area contributed by atoms with Crippen molar-refractivity contribution in [3.63, 3.8) is 0 Å². The molecule has 0 spiro atoms. The fourth-order valence-corrected chi connectivity index (χ4v) is 1.67. The van der Waals surface area contributed by atoms with Crippen LogP contribution in [0, 0.1) is 0 Å². The van der Waals surface area contributed by atoms with Gasteiger partial charge in [0.25, 0.3) is 5.91 Å². The number of nitrogens with zero attached hydrogens (tertiary/aromatic N) is 2. The highest BCUT2D eigenvalue weighted by molar-refractivity contribution is 5.97. The van der Waals surface area contributed by atoms with E-state index in [0.717, 1.165) is 0 Å². The molecule has 0 aliphatic carbocycles. The van der Waals surface area contributed by atoms with Crippen LogP contribution in [0.2, 0.25) is 0 Å². The third-order valence-electron chi connectivity index (χ3n) is 2.53. The Hall–Kier alpha value is -2.24. The van der Waals surface area contributed by atoms with Crippen LogP contribution in [-0.4, -0.2) is 15.7 Å². The Kier molecular flexibility index (Phi) is 3.36. The van der Waals surface area contributed by atoms with E-state index >= 15 is 0 Å². The van der Waals surface area contributed by atoms with Crippen LogP contribution in [-0.2, 0) is 6.54 Å². The van der Waals surface area contributed by atoms with Crippen LogP contribution in [0.3, 0.4) is 0 Å². The Balaban J connectivity index is 2.11. The molecule has 1 amide bonds. The number of aromatic nitrogens is 2. The molecule has 0 radical (unpaired) electrons. The molecule has 0 saturated carbocycles. The predicted octanol–water partition coefficient (Wildman–Crippen LogP) is 1.57.